The Hall–Kier alpha value is -2.18. The molecule has 0 bridgehead atoms. The summed E-state index contributed by atoms with van der Waals surface area (Å²) in [5.41, 5.74) is 0.798. The first-order valence-corrected chi connectivity index (χ1v) is 9.82. The topological polar surface area (TPSA) is 63.6 Å². The van der Waals surface area contributed by atoms with Gasteiger partial charge in [0.25, 0.3) is 11.5 Å². The van der Waals surface area contributed by atoms with Crippen molar-refractivity contribution in [3.05, 3.63) is 46.2 Å². The van der Waals surface area contributed by atoms with E-state index in [2.05, 4.69) is 10.2 Å². The van der Waals surface area contributed by atoms with Gasteiger partial charge in [-0.3, -0.25) is 14.5 Å². The van der Waals surface area contributed by atoms with Crippen LogP contribution in [0.15, 0.2) is 35.1 Å². The lowest BCUT2D eigenvalue weighted by Gasteiger charge is -2.35. The van der Waals surface area contributed by atoms with Crippen molar-refractivity contribution in [2.24, 2.45) is 0 Å². The molecule has 2 aromatic rings. The molecular formula is C21H27N3O3. The fraction of sp³-hybridized carbons (Fsp3) is 0.524. The molecular weight excluding hydrogens is 342 g/mol. The minimum Gasteiger partial charge on any atom is -0.373 e. The van der Waals surface area contributed by atoms with E-state index in [1.807, 2.05) is 38.1 Å². The number of para-hydroxylation sites is 1. The lowest BCUT2D eigenvalue weighted by atomic mass is 10.1. The molecule has 144 valence electrons. The maximum absolute atomic E-state index is 12.9. The van der Waals surface area contributed by atoms with Crippen LogP contribution >= 0.6 is 0 Å². The summed E-state index contributed by atoms with van der Waals surface area (Å²) in [7, 11) is 0. The number of fused-ring (bicyclic) bond motifs is 2. The van der Waals surface area contributed by atoms with Crippen molar-refractivity contribution < 1.29 is 9.53 Å². The molecule has 27 heavy (non-hydrogen) atoms. The molecule has 0 spiro atoms. The smallest absolute Gasteiger partial charge is 0.264 e. The number of hydrogen-bond donors (Lipinski definition) is 1. The van der Waals surface area contributed by atoms with Gasteiger partial charge in [-0.15, -0.1) is 0 Å². The summed E-state index contributed by atoms with van der Waals surface area (Å²) in [4.78, 5) is 28.1. The van der Waals surface area contributed by atoms with Crippen LogP contribution in [0.3, 0.4) is 0 Å². The van der Waals surface area contributed by atoms with Crippen molar-refractivity contribution in [1.29, 1.82) is 0 Å². The first-order valence-electron chi connectivity index (χ1n) is 9.82. The van der Waals surface area contributed by atoms with Crippen LogP contribution in [0.1, 0.15) is 43.1 Å². The number of carbonyl (C=O) groups excluding carboxylic acids is 1. The zero-order chi connectivity index (χ0) is 19.0. The van der Waals surface area contributed by atoms with Gasteiger partial charge in [-0.05, 0) is 50.8 Å². The molecule has 1 aromatic heterocycles. The van der Waals surface area contributed by atoms with Crippen LogP contribution in [0.2, 0.25) is 0 Å². The van der Waals surface area contributed by atoms with Gasteiger partial charge in [0.1, 0.15) is 5.56 Å². The number of aromatic nitrogens is 1. The van der Waals surface area contributed by atoms with E-state index in [0.29, 0.717) is 12.6 Å². The molecule has 1 amide bonds. The predicted octanol–water partition coefficient (Wildman–Crippen LogP) is 2.18. The minimum atomic E-state index is -0.327. The predicted molar refractivity (Wildman–Crippen MR) is 105 cm³/mol. The standard InChI is InChI=1S/C21H27N3O3/c1-14(2)24-19-8-4-3-6-15(19)10-18(21(24)26)20(25)22-11-17-12-23-9-5-7-16(23)13-27-17/h3-4,6,8,10,14,16-17H,5,7,9,11-13H2,1-2H3,(H,22,25)/t16-,17-/m1/s1. The van der Waals surface area contributed by atoms with E-state index >= 15 is 0 Å². The monoisotopic (exact) mass is 369 g/mol. The zero-order valence-corrected chi connectivity index (χ0v) is 16.0. The Bertz CT molecular complexity index is 905. The van der Waals surface area contributed by atoms with E-state index in [1.54, 1.807) is 10.6 Å². The quantitative estimate of drug-likeness (QED) is 0.897. The highest BCUT2D eigenvalue weighted by Gasteiger charge is 2.32. The van der Waals surface area contributed by atoms with Gasteiger partial charge in [-0.2, -0.15) is 0 Å². The van der Waals surface area contributed by atoms with Gasteiger partial charge >= 0.3 is 0 Å². The van der Waals surface area contributed by atoms with E-state index in [4.69, 9.17) is 4.74 Å². The highest BCUT2D eigenvalue weighted by molar-refractivity contribution is 5.97. The molecule has 0 radical (unpaired) electrons. The van der Waals surface area contributed by atoms with E-state index in [0.717, 1.165) is 30.6 Å². The number of nitrogens with one attached hydrogen (secondary N) is 1. The second-order valence-electron chi connectivity index (χ2n) is 7.84. The normalized spacial score (nSPS) is 22.9. The molecule has 6 heteroatoms. The summed E-state index contributed by atoms with van der Waals surface area (Å²) in [5.74, 6) is -0.327. The molecule has 3 heterocycles. The summed E-state index contributed by atoms with van der Waals surface area (Å²) >= 11 is 0. The number of benzene rings is 1. The summed E-state index contributed by atoms with van der Waals surface area (Å²) in [5, 5.41) is 3.81. The molecule has 2 saturated heterocycles. The van der Waals surface area contributed by atoms with Crippen LogP contribution in [0.5, 0.6) is 0 Å². The van der Waals surface area contributed by atoms with Gasteiger partial charge in [0, 0.05) is 25.2 Å². The van der Waals surface area contributed by atoms with Crippen molar-refractivity contribution in [1.82, 2.24) is 14.8 Å². The van der Waals surface area contributed by atoms with Gasteiger partial charge in [0.2, 0.25) is 0 Å². The average molecular weight is 369 g/mol. The highest BCUT2D eigenvalue weighted by Crippen LogP contribution is 2.22. The van der Waals surface area contributed by atoms with Crippen LogP contribution < -0.4 is 10.9 Å². The lowest BCUT2D eigenvalue weighted by Crippen LogP contribution is -2.50. The highest BCUT2D eigenvalue weighted by atomic mass is 16.5. The Kier molecular flexibility index (Phi) is 5.02. The number of pyridine rings is 1. The third kappa shape index (κ3) is 3.51. The van der Waals surface area contributed by atoms with Crippen LogP contribution in [0, 0.1) is 0 Å². The second kappa shape index (κ2) is 7.44. The number of ether oxygens (including phenoxy) is 1. The van der Waals surface area contributed by atoms with Gasteiger partial charge in [0.05, 0.1) is 18.2 Å². The summed E-state index contributed by atoms with van der Waals surface area (Å²) in [6.07, 6.45) is 2.40. The molecule has 2 fully saturated rings. The summed E-state index contributed by atoms with van der Waals surface area (Å²) in [6.45, 7) is 7.03. The van der Waals surface area contributed by atoms with Crippen molar-refractivity contribution in [3.8, 4) is 0 Å². The molecule has 1 N–H and O–H groups in total. The van der Waals surface area contributed by atoms with Gasteiger partial charge in [-0.1, -0.05) is 18.2 Å². The zero-order valence-electron chi connectivity index (χ0n) is 16.0. The molecule has 2 atom stereocenters. The van der Waals surface area contributed by atoms with Crippen molar-refractivity contribution in [3.63, 3.8) is 0 Å². The molecule has 4 rings (SSSR count). The second-order valence-corrected chi connectivity index (χ2v) is 7.84. The Morgan fingerprint density at radius 2 is 2.15 bits per heavy atom. The number of morpholine rings is 1. The maximum atomic E-state index is 12.9. The Balaban J connectivity index is 1.52. The summed E-state index contributed by atoms with van der Waals surface area (Å²) in [6, 6.07) is 9.89. The van der Waals surface area contributed by atoms with Crippen molar-refractivity contribution >= 4 is 16.8 Å². The number of hydrogen-bond acceptors (Lipinski definition) is 4. The van der Waals surface area contributed by atoms with Crippen LogP contribution in [0.4, 0.5) is 0 Å². The minimum absolute atomic E-state index is 0.0175. The molecule has 6 nitrogen and oxygen atoms in total. The van der Waals surface area contributed by atoms with Crippen molar-refractivity contribution in [2.45, 2.75) is 44.9 Å². The van der Waals surface area contributed by atoms with E-state index in [-0.39, 0.29) is 29.2 Å². The number of carbonyl (C=O) groups is 1. The molecule has 0 aliphatic carbocycles. The lowest BCUT2D eigenvalue weighted by molar-refractivity contribution is -0.0461. The van der Waals surface area contributed by atoms with Crippen LogP contribution in [0.25, 0.3) is 10.9 Å². The largest absolute Gasteiger partial charge is 0.373 e. The summed E-state index contributed by atoms with van der Waals surface area (Å²) < 4.78 is 7.59. The maximum Gasteiger partial charge on any atom is 0.264 e. The Labute approximate surface area is 159 Å². The SMILES string of the molecule is CC(C)n1c(=O)c(C(=O)NC[C@@H]2CN3CCC[C@@H]3CO2)cc2ccccc21. The molecule has 2 aliphatic heterocycles. The van der Waals surface area contributed by atoms with E-state index in [9.17, 15) is 9.59 Å². The first kappa shape index (κ1) is 18.2. The fourth-order valence-electron chi connectivity index (χ4n) is 4.27. The Morgan fingerprint density at radius 1 is 1.33 bits per heavy atom. The van der Waals surface area contributed by atoms with Gasteiger partial charge in [0.15, 0.2) is 0 Å². The van der Waals surface area contributed by atoms with Gasteiger partial charge in [-0.25, -0.2) is 0 Å². The number of rotatable bonds is 4. The third-order valence-corrected chi connectivity index (χ3v) is 5.66. The molecule has 2 aliphatic rings. The fourth-order valence-corrected chi connectivity index (χ4v) is 4.27. The van der Waals surface area contributed by atoms with E-state index in [1.165, 1.54) is 12.8 Å². The first-order chi connectivity index (χ1) is 13.0. The Morgan fingerprint density at radius 3 is 2.96 bits per heavy atom. The number of nitrogens with zero attached hydrogens (tertiary/aromatic N) is 2. The third-order valence-electron chi connectivity index (χ3n) is 5.66. The molecule has 0 saturated carbocycles. The van der Waals surface area contributed by atoms with Crippen LogP contribution in [-0.4, -0.2) is 53.8 Å². The molecule has 1 aromatic carbocycles. The average Bonchev–Trinajstić information content (AvgIpc) is 3.13. The number of amides is 1. The van der Waals surface area contributed by atoms with Gasteiger partial charge < -0.3 is 14.6 Å². The molecule has 0 unspecified atom stereocenters. The van der Waals surface area contributed by atoms with E-state index < -0.39 is 0 Å². The van der Waals surface area contributed by atoms with Crippen molar-refractivity contribution in [2.75, 3.05) is 26.2 Å². The van der Waals surface area contributed by atoms with Crippen LogP contribution in [-0.2, 0) is 4.74 Å².